The number of amides is 1. The van der Waals surface area contributed by atoms with Crippen LogP contribution in [0.5, 0.6) is 0 Å². The average Bonchev–Trinajstić information content (AvgIpc) is 2.56. The number of benzene rings is 2. The fraction of sp³-hybridized carbons (Fsp3) is 0.200. The first-order valence-electron chi connectivity index (χ1n) is 8.24. The number of hydrogen-bond donors (Lipinski definition) is 0. The second-order valence-corrected chi connectivity index (χ2v) is 7.15. The quantitative estimate of drug-likeness (QED) is 0.734. The zero-order valence-corrected chi connectivity index (χ0v) is 15.2. The highest BCUT2D eigenvalue weighted by Gasteiger charge is 2.39. The van der Waals surface area contributed by atoms with Crippen LogP contribution in [0.1, 0.15) is 20.8 Å². The van der Waals surface area contributed by atoms with Gasteiger partial charge >= 0.3 is 0 Å². The Bertz CT molecular complexity index is 942. The number of carbonyl (C=O) groups excluding carboxylic acids is 1. The fourth-order valence-electron chi connectivity index (χ4n) is 2.86. The van der Waals surface area contributed by atoms with Gasteiger partial charge in [0.25, 0.3) is 5.91 Å². The van der Waals surface area contributed by atoms with Crippen molar-refractivity contribution in [1.29, 1.82) is 0 Å². The van der Waals surface area contributed by atoms with Gasteiger partial charge in [0.1, 0.15) is 34.6 Å². The van der Waals surface area contributed by atoms with Crippen LogP contribution in [0.4, 0.5) is 28.9 Å². The Labute approximate surface area is 159 Å². The molecular weight excluding hydrogens is 376 g/mol. The van der Waals surface area contributed by atoms with E-state index in [1.54, 1.807) is 0 Å². The zero-order valence-electron chi connectivity index (χ0n) is 15.2. The molecule has 0 bridgehead atoms. The van der Waals surface area contributed by atoms with Gasteiger partial charge < -0.3 is 10.0 Å². The van der Waals surface area contributed by atoms with Crippen molar-refractivity contribution in [2.75, 3.05) is 9.80 Å². The smallest absolute Gasteiger partial charge is 0.257 e. The lowest BCUT2D eigenvalue weighted by Gasteiger charge is -2.44. The highest BCUT2D eigenvalue weighted by Crippen LogP contribution is 2.40. The largest absolute Gasteiger partial charge is 0.860 e. The van der Waals surface area contributed by atoms with Crippen LogP contribution in [0.15, 0.2) is 47.9 Å². The Hall–Kier alpha value is -3.03. The molecule has 2 radical (unpaired) electrons. The van der Waals surface area contributed by atoms with Crippen LogP contribution in [-0.2, 0) is 4.79 Å². The lowest BCUT2D eigenvalue weighted by Crippen LogP contribution is -2.50. The van der Waals surface area contributed by atoms with Gasteiger partial charge in [-0.2, -0.15) is 0 Å². The molecule has 0 N–H and O–H groups in total. The molecule has 0 aromatic heterocycles. The average molecular weight is 391 g/mol. The SMILES string of the molecule is CC(C)(C)C1=C([O-])N(c2c(F)cccc2F)[C]N(c2c(F)cccc2F)C1=O. The molecule has 1 aliphatic heterocycles. The van der Waals surface area contributed by atoms with E-state index in [1.165, 1.54) is 20.8 Å². The standard InChI is InChI=1S/C20H16F4N2O2/c1-20(2,3)15-18(27)25(16-11(21)6-4-7-12(16)22)10-26(19(15)28)17-13(23)8-5-9-14(17)24/h4-9,27H,1-3H3/p-1. The van der Waals surface area contributed by atoms with E-state index in [2.05, 4.69) is 6.67 Å². The highest BCUT2D eigenvalue weighted by molar-refractivity contribution is 6.09. The summed E-state index contributed by atoms with van der Waals surface area (Å²) in [5.41, 5.74) is -3.10. The second-order valence-electron chi connectivity index (χ2n) is 7.15. The van der Waals surface area contributed by atoms with Crippen LogP contribution in [0.3, 0.4) is 0 Å². The fourth-order valence-corrected chi connectivity index (χ4v) is 2.86. The predicted octanol–water partition coefficient (Wildman–Crippen LogP) is 3.71. The van der Waals surface area contributed by atoms with Crippen molar-refractivity contribution in [1.82, 2.24) is 0 Å². The van der Waals surface area contributed by atoms with Gasteiger partial charge in [-0.15, -0.1) is 0 Å². The Morgan fingerprint density at radius 3 is 1.61 bits per heavy atom. The molecule has 1 amide bonds. The molecule has 8 heteroatoms. The first-order chi connectivity index (χ1) is 13.0. The topological polar surface area (TPSA) is 46.6 Å². The maximum Gasteiger partial charge on any atom is 0.257 e. The maximum atomic E-state index is 14.3. The van der Waals surface area contributed by atoms with Gasteiger partial charge in [-0.1, -0.05) is 32.9 Å². The minimum atomic E-state index is -1.10. The Kier molecular flexibility index (Phi) is 4.82. The van der Waals surface area contributed by atoms with Crippen LogP contribution >= 0.6 is 0 Å². The predicted molar refractivity (Wildman–Crippen MR) is 92.4 cm³/mol. The molecule has 146 valence electrons. The van der Waals surface area contributed by atoms with E-state index in [9.17, 15) is 27.5 Å². The van der Waals surface area contributed by atoms with Gasteiger partial charge in [-0.25, -0.2) is 17.6 Å². The molecule has 0 unspecified atom stereocenters. The molecule has 28 heavy (non-hydrogen) atoms. The third kappa shape index (κ3) is 3.19. The lowest BCUT2D eigenvalue weighted by molar-refractivity contribution is -0.307. The summed E-state index contributed by atoms with van der Waals surface area (Å²) in [6, 6.07) is 5.83. The molecule has 3 rings (SSSR count). The summed E-state index contributed by atoms with van der Waals surface area (Å²) >= 11 is 0. The zero-order chi connectivity index (χ0) is 20.8. The minimum absolute atomic E-state index is 0.406. The van der Waals surface area contributed by atoms with Crippen LogP contribution in [0.25, 0.3) is 0 Å². The number of para-hydroxylation sites is 2. The molecule has 0 fully saturated rings. The molecule has 0 saturated carbocycles. The van der Waals surface area contributed by atoms with Gasteiger partial charge in [-0.3, -0.25) is 9.69 Å². The van der Waals surface area contributed by atoms with E-state index in [0.717, 1.165) is 36.4 Å². The molecule has 1 aliphatic rings. The van der Waals surface area contributed by atoms with Crippen molar-refractivity contribution in [3.8, 4) is 0 Å². The summed E-state index contributed by atoms with van der Waals surface area (Å²) in [5, 5.41) is 12.9. The van der Waals surface area contributed by atoms with Gasteiger partial charge in [0.15, 0.2) is 0 Å². The molecular formula is C20H15F4N2O2-. The van der Waals surface area contributed by atoms with E-state index >= 15 is 0 Å². The van der Waals surface area contributed by atoms with Crippen molar-refractivity contribution in [2.45, 2.75) is 20.8 Å². The highest BCUT2D eigenvalue weighted by atomic mass is 19.1. The van der Waals surface area contributed by atoms with Crippen molar-refractivity contribution in [2.24, 2.45) is 5.41 Å². The van der Waals surface area contributed by atoms with E-state index in [4.69, 9.17) is 0 Å². The molecule has 0 spiro atoms. The maximum absolute atomic E-state index is 14.3. The summed E-state index contributed by atoms with van der Waals surface area (Å²) in [6.45, 7) is 6.71. The lowest BCUT2D eigenvalue weighted by atomic mass is 9.84. The molecule has 4 nitrogen and oxygen atoms in total. The van der Waals surface area contributed by atoms with Gasteiger partial charge in [0.2, 0.25) is 6.67 Å². The van der Waals surface area contributed by atoms with E-state index < -0.39 is 57.4 Å². The van der Waals surface area contributed by atoms with Crippen LogP contribution < -0.4 is 14.9 Å². The van der Waals surface area contributed by atoms with Gasteiger partial charge in [-0.05, 0) is 35.6 Å². The number of halogens is 4. The van der Waals surface area contributed by atoms with Crippen LogP contribution in [0, 0.1) is 35.4 Å². The third-order valence-corrected chi connectivity index (χ3v) is 4.11. The summed E-state index contributed by atoms with van der Waals surface area (Å²) in [7, 11) is 0. The number of rotatable bonds is 2. The van der Waals surface area contributed by atoms with Gasteiger partial charge in [0, 0.05) is 5.57 Å². The third-order valence-electron chi connectivity index (χ3n) is 4.11. The molecule has 1 heterocycles. The number of nitrogens with zero attached hydrogens (tertiary/aromatic N) is 2. The minimum Gasteiger partial charge on any atom is -0.860 e. The Balaban J connectivity index is 2.27. The first-order valence-corrected chi connectivity index (χ1v) is 8.24. The first kappa shape index (κ1) is 19.7. The Morgan fingerprint density at radius 2 is 1.21 bits per heavy atom. The summed E-state index contributed by atoms with van der Waals surface area (Å²) in [5.74, 6) is -6.46. The molecule has 0 atom stereocenters. The van der Waals surface area contributed by atoms with E-state index in [0.29, 0.717) is 9.80 Å². The van der Waals surface area contributed by atoms with Gasteiger partial charge in [0.05, 0.1) is 0 Å². The summed E-state index contributed by atoms with van der Waals surface area (Å²) in [6.07, 6.45) is 0. The van der Waals surface area contributed by atoms with Crippen LogP contribution in [-0.4, -0.2) is 5.91 Å². The molecule has 2 aromatic rings. The normalized spacial score (nSPS) is 15.5. The van der Waals surface area contributed by atoms with E-state index in [-0.39, 0.29) is 0 Å². The van der Waals surface area contributed by atoms with Crippen molar-refractivity contribution < 1.29 is 27.5 Å². The van der Waals surface area contributed by atoms with Crippen molar-refractivity contribution >= 4 is 17.3 Å². The molecule has 2 aromatic carbocycles. The van der Waals surface area contributed by atoms with Crippen molar-refractivity contribution in [3.05, 3.63) is 77.8 Å². The monoisotopic (exact) mass is 391 g/mol. The molecule has 0 aliphatic carbocycles. The van der Waals surface area contributed by atoms with Crippen LogP contribution in [0.2, 0.25) is 0 Å². The number of hydrogen-bond acceptors (Lipinski definition) is 3. The number of anilines is 2. The van der Waals surface area contributed by atoms with Crippen molar-refractivity contribution in [3.63, 3.8) is 0 Å². The summed E-state index contributed by atoms with van der Waals surface area (Å²) in [4.78, 5) is 13.8. The summed E-state index contributed by atoms with van der Waals surface area (Å²) < 4.78 is 57.1. The Morgan fingerprint density at radius 1 is 0.821 bits per heavy atom. The van der Waals surface area contributed by atoms with E-state index in [1.807, 2.05) is 0 Å². The second kappa shape index (κ2) is 6.85. The number of carbonyl (C=O) groups is 1. The molecule has 0 saturated heterocycles.